The second-order valence-corrected chi connectivity index (χ2v) is 4.18. The van der Waals surface area contributed by atoms with Crippen LogP contribution in [0.3, 0.4) is 0 Å². The van der Waals surface area contributed by atoms with Crippen molar-refractivity contribution in [3.63, 3.8) is 0 Å². The summed E-state index contributed by atoms with van der Waals surface area (Å²) in [5.74, 6) is -2.59. The van der Waals surface area contributed by atoms with E-state index in [-0.39, 0.29) is 16.8 Å². The first-order valence-electron chi connectivity index (χ1n) is 6.00. The molecule has 1 amide bonds. The van der Waals surface area contributed by atoms with Crippen LogP contribution in [0, 0.1) is 21.7 Å². The Kier molecular flexibility index (Phi) is 4.52. The fourth-order valence-corrected chi connectivity index (χ4v) is 1.56. The standard InChI is InChI=1S/C14H9F2N3O3/c15-12-6-1-9(7-13(12)16)8-17-18-14(20)10-2-4-11(5-3-10)19(21)22/h1-8H,(H,18,20)/b17-8-. The Morgan fingerprint density at radius 2 is 1.82 bits per heavy atom. The summed E-state index contributed by atoms with van der Waals surface area (Å²) >= 11 is 0. The van der Waals surface area contributed by atoms with Gasteiger partial charge in [-0.05, 0) is 29.8 Å². The molecule has 0 radical (unpaired) electrons. The van der Waals surface area contributed by atoms with E-state index in [9.17, 15) is 23.7 Å². The fraction of sp³-hybridized carbons (Fsp3) is 0. The fourth-order valence-electron chi connectivity index (χ4n) is 1.56. The summed E-state index contributed by atoms with van der Waals surface area (Å²) in [6.07, 6.45) is 1.14. The largest absolute Gasteiger partial charge is 0.271 e. The van der Waals surface area contributed by atoms with Gasteiger partial charge in [-0.15, -0.1) is 0 Å². The summed E-state index contributed by atoms with van der Waals surface area (Å²) < 4.78 is 25.7. The molecule has 0 aliphatic rings. The smallest absolute Gasteiger partial charge is 0.267 e. The molecule has 0 aliphatic heterocycles. The maximum Gasteiger partial charge on any atom is 0.271 e. The Bertz CT molecular complexity index is 745. The number of hydrogen-bond donors (Lipinski definition) is 1. The molecular formula is C14H9F2N3O3. The number of amides is 1. The van der Waals surface area contributed by atoms with Gasteiger partial charge in [-0.25, -0.2) is 14.2 Å². The summed E-state index contributed by atoms with van der Waals surface area (Å²) in [5, 5.41) is 14.1. The Hall–Kier alpha value is -3.16. The first-order valence-corrected chi connectivity index (χ1v) is 6.00. The lowest BCUT2D eigenvalue weighted by atomic mass is 10.2. The highest BCUT2D eigenvalue weighted by Crippen LogP contribution is 2.11. The van der Waals surface area contributed by atoms with Gasteiger partial charge in [-0.1, -0.05) is 6.07 Å². The Labute approximate surface area is 123 Å². The number of benzene rings is 2. The molecule has 0 saturated carbocycles. The number of non-ortho nitro benzene ring substituents is 1. The van der Waals surface area contributed by atoms with Gasteiger partial charge in [-0.2, -0.15) is 5.10 Å². The van der Waals surface area contributed by atoms with Gasteiger partial charge in [0.1, 0.15) is 0 Å². The minimum Gasteiger partial charge on any atom is -0.267 e. The van der Waals surface area contributed by atoms with Gasteiger partial charge in [0.15, 0.2) is 11.6 Å². The number of hydrazone groups is 1. The van der Waals surface area contributed by atoms with Gasteiger partial charge in [0.2, 0.25) is 0 Å². The van der Waals surface area contributed by atoms with Crippen LogP contribution in [-0.4, -0.2) is 17.0 Å². The number of nitro benzene ring substituents is 1. The van der Waals surface area contributed by atoms with Crippen LogP contribution in [0.2, 0.25) is 0 Å². The number of nitrogens with one attached hydrogen (secondary N) is 1. The molecule has 112 valence electrons. The van der Waals surface area contributed by atoms with Crippen LogP contribution in [0.15, 0.2) is 47.6 Å². The lowest BCUT2D eigenvalue weighted by molar-refractivity contribution is -0.384. The van der Waals surface area contributed by atoms with Crippen molar-refractivity contribution >= 4 is 17.8 Å². The van der Waals surface area contributed by atoms with E-state index < -0.39 is 22.5 Å². The topological polar surface area (TPSA) is 84.6 Å². The van der Waals surface area contributed by atoms with E-state index in [4.69, 9.17) is 0 Å². The SMILES string of the molecule is O=C(N/N=C\c1ccc(F)c(F)c1)c1ccc([N+](=O)[O-])cc1. The molecule has 1 N–H and O–H groups in total. The molecule has 8 heteroatoms. The molecule has 0 aliphatic carbocycles. The van der Waals surface area contributed by atoms with E-state index in [1.54, 1.807) is 0 Å². The van der Waals surface area contributed by atoms with E-state index in [0.717, 1.165) is 18.3 Å². The third-order valence-corrected chi connectivity index (χ3v) is 2.66. The first-order chi connectivity index (χ1) is 10.5. The third kappa shape index (κ3) is 3.69. The molecule has 22 heavy (non-hydrogen) atoms. The maximum atomic E-state index is 13.0. The van der Waals surface area contributed by atoms with Crippen LogP contribution >= 0.6 is 0 Å². The molecule has 0 heterocycles. The van der Waals surface area contributed by atoms with Crippen molar-refractivity contribution in [1.82, 2.24) is 5.43 Å². The number of nitro groups is 1. The number of halogens is 2. The van der Waals surface area contributed by atoms with Crippen molar-refractivity contribution in [3.05, 3.63) is 75.3 Å². The van der Waals surface area contributed by atoms with Gasteiger partial charge in [0.05, 0.1) is 11.1 Å². The Morgan fingerprint density at radius 3 is 2.41 bits per heavy atom. The average Bonchev–Trinajstić information content (AvgIpc) is 2.51. The number of nitrogens with zero attached hydrogens (tertiary/aromatic N) is 2. The summed E-state index contributed by atoms with van der Waals surface area (Å²) in [6.45, 7) is 0. The monoisotopic (exact) mass is 305 g/mol. The first kappa shape index (κ1) is 15.2. The molecule has 0 unspecified atom stereocenters. The van der Waals surface area contributed by atoms with Gasteiger partial charge >= 0.3 is 0 Å². The molecule has 0 bridgehead atoms. The quantitative estimate of drug-likeness (QED) is 0.535. The van der Waals surface area contributed by atoms with Crippen LogP contribution < -0.4 is 5.43 Å². The van der Waals surface area contributed by atoms with Gasteiger partial charge in [-0.3, -0.25) is 14.9 Å². The summed E-state index contributed by atoms with van der Waals surface area (Å²) in [7, 11) is 0. The predicted molar refractivity (Wildman–Crippen MR) is 74.5 cm³/mol. The molecule has 2 aromatic carbocycles. The van der Waals surface area contributed by atoms with Crippen molar-refractivity contribution < 1.29 is 18.5 Å². The molecule has 6 nitrogen and oxygen atoms in total. The molecule has 0 saturated heterocycles. The lowest BCUT2D eigenvalue weighted by Crippen LogP contribution is -2.17. The van der Waals surface area contributed by atoms with E-state index >= 15 is 0 Å². The summed E-state index contributed by atoms with van der Waals surface area (Å²) in [6, 6.07) is 8.09. The average molecular weight is 305 g/mol. The van der Waals surface area contributed by atoms with E-state index in [0.29, 0.717) is 0 Å². The molecule has 0 aromatic heterocycles. The molecular weight excluding hydrogens is 296 g/mol. The lowest BCUT2D eigenvalue weighted by Gasteiger charge is -2.00. The highest BCUT2D eigenvalue weighted by molar-refractivity contribution is 5.95. The zero-order chi connectivity index (χ0) is 16.1. The highest BCUT2D eigenvalue weighted by Gasteiger charge is 2.08. The minimum atomic E-state index is -1.02. The van der Waals surface area contributed by atoms with E-state index in [2.05, 4.69) is 10.5 Å². The maximum absolute atomic E-state index is 13.0. The molecule has 2 rings (SSSR count). The second kappa shape index (κ2) is 6.53. The van der Waals surface area contributed by atoms with Crippen LogP contribution in [0.5, 0.6) is 0 Å². The Morgan fingerprint density at radius 1 is 1.14 bits per heavy atom. The summed E-state index contributed by atoms with van der Waals surface area (Å²) in [5.41, 5.74) is 2.48. The molecule has 0 fully saturated rings. The normalized spacial score (nSPS) is 10.6. The number of rotatable bonds is 4. The number of hydrogen-bond acceptors (Lipinski definition) is 4. The van der Waals surface area contributed by atoms with E-state index in [1.165, 1.54) is 30.3 Å². The van der Waals surface area contributed by atoms with Gasteiger partial charge in [0.25, 0.3) is 11.6 Å². The van der Waals surface area contributed by atoms with Gasteiger partial charge in [0, 0.05) is 17.7 Å². The summed E-state index contributed by atoms with van der Waals surface area (Å²) in [4.78, 5) is 21.6. The van der Waals surface area contributed by atoms with Crippen LogP contribution in [0.25, 0.3) is 0 Å². The molecule has 2 aromatic rings. The number of carbonyl (C=O) groups excluding carboxylic acids is 1. The van der Waals surface area contributed by atoms with Gasteiger partial charge < -0.3 is 0 Å². The number of carbonyl (C=O) groups is 1. The van der Waals surface area contributed by atoms with Crippen LogP contribution in [-0.2, 0) is 0 Å². The van der Waals surface area contributed by atoms with Crippen LogP contribution in [0.1, 0.15) is 15.9 Å². The van der Waals surface area contributed by atoms with Crippen molar-refractivity contribution in [2.45, 2.75) is 0 Å². The van der Waals surface area contributed by atoms with Crippen LogP contribution in [0.4, 0.5) is 14.5 Å². The highest BCUT2D eigenvalue weighted by atomic mass is 19.2. The Balaban J connectivity index is 2.01. The predicted octanol–water partition coefficient (Wildman–Crippen LogP) is 2.64. The van der Waals surface area contributed by atoms with Crippen molar-refractivity contribution in [3.8, 4) is 0 Å². The van der Waals surface area contributed by atoms with Crippen molar-refractivity contribution in [1.29, 1.82) is 0 Å². The van der Waals surface area contributed by atoms with Crippen molar-refractivity contribution in [2.75, 3.05) is 0 Å². The molecule has 0 spiro atoms. The van der Waals surface area contributed by atoms with E-state index in [1.807, 2.05) is 0 Å². The second-order valence-electron chi connectivity index (χ2n) is 4.18. The van der Waals surface area contributed by atoms with Crippen molar-refractivity contribution in [2.24, 2.45) is 5.10 Å². The zero-order valence-corrected chi connectivity index (χ0v) is 11.0. The zero-order valence-electron chi connectivity index (χ0n) is 11.0. The minimum absolute atomic E-state index is 0.137. The molecule has 0 atom stereocenters. The third-order valence-electron chi connectivity index (χ3n) is 2.66.